The van der Waals surface area contributed by atoms with Crippen LogP contribution in [-0.4, -0.2) is 10.2 Å². The fourth-order valence-electron chi connectivity index (χ4n) is 2.07. The smallest absolute Gasteiger partial charge is 0.270 e. The molecule has 1 saturated heterocycles. The van der Waals surface area contributed by atoms with Gasteiger partial charge in [-0.05, 0) is 36.2 Å². The fraction of sp³-hybridized carbons (Fsp3) is 0.125. The van der Waals surface area contributed by atoms with E-state index < -0.39 is 0 Å². The predicted molar refractivity (Wildman–Crippen MR) is 90.2 cm³/mol. The zero-order valence-corrected chi connectivity index (χ0v) is 13.0. The minimum absolute atomic E-state index is 0.106. The van der Waals surface area contributed by atoms with Gasteiger partial charge in [0.2, 0.25) is 0 Å². The first-order valence-corrected chi connectivity index (χ1v) is 7.82. The predicted octanol–water partition coefficient (Wildman–Crippen LogP) is 4.25. The van der Waals surface area contributed by atoms with Gasteiger partial charge in [0.05, 0.1) is 16.9 Å². The second-order valence-corrected chi connectivity index (χ2v) is 6.23. The molecule has 1 fully saturated rings. The summed E-state index contributed by atoms with van der Waals surface area (Å²) in [6, 6.07) is 11.5. The molecule has 0 saturated carbocycles. The molecule has 0 aliphatic carbocycles. The van der Waals surface area contributed by atoms with Gasteiger partial charge in [-0.25, -0.2) is 0 Å². The van der Waals surface area contributed by atoms with E-state index in [1.165, 1.54) is 17.3 Å². The lowest BCUT2D eigenvalue weighted by atomic mass is 10.1. The van der Waals surface area contributed by atoms with Gasteiger partial charge in [0.25, 0.3) is 5.91 Å². The lowest BCUT2D eigenvalue weighted by molar-refractivity contribution is -0.113. The third-order valence-electron chi connectivity index (χ3n) is 3.21. The van der Waals surface area contributed by atoms with Crippen molar-refractivity contribution in [2.75, 3.05) is 4.90 Å². The second-order valence-electron chi connectivity index (χ2n) is 4.55. The first kappa shape index (κ1) is 14.1. The maximum atomic E-state index is 12.5. The highest BCUT2D eigenvalue weighted by Crippen LogP contribution is 2.36. The SMILES string of the molecule is CCc1ccc(N2C(=O)C(=Cc3ccco3)SC2=S)cc1. The minimum Gasteiger partial charge on any atom is -0.465 e. The Morgan fingerprint density at radius 1 is 1.29 bits per heavy atom. The molecule has 21 heavy (non-hydrogen) atoms. The number of furan rings is 1. The Morgan fingerprint density at radius 2 is 2.05 bits per heavy atom. The average molecular weight is 315 g/mol. The van der Waals surface area contributed by atoms with Crippen LogP contribution >= 0.6 is 24.0 Å². The molecule has 1 aliphatic heterocycles. The molecule has 106 valence electrons. The Balaban J connectivity index is 1.90. The first-order chi connectivity index (χ1) is 10.2. The van der Waals surface area contributed by atoms with Crippen LogP contribution in [0.1, 0.15) is 18.2 Å². The van der Waals surface area contributed by atoms with E-state index >= 15 is 0 Å². The third-order valence-corrected chi connectivity index (χ3v) is 4.52. The van der Waals surface area contributed by atoms with Crippen molar-refractivity contribution in [3.63, 3.8) is 0 Å². The van der Waals surface area contributed by atoms with Gasteiger partial charge in [-0.15, -0.1) is 0 Å². The van der Waals surface area contributed by atoms with Crippen molar-refractivity contribution in [3.05, 3.63) is 58.9 Å². The Hall–Kier alpha value is -1.85. The molecule has 0 spiro atoms. The van der Waals surface area contributed by atoms with Gasteiger partial charge in [0.1, 0.15) is 5.76 Å². The number of rotatable bonds is 3. The van der Waals surface area contributed by atoms with E-state index in [0.29, 0.717) is 15.0 Å². The van der Waals surface area contributed by atoms with Crippen molar-refractivity contribution < 1.29 is 9.21 Å². The number of thiocarbonyl (C=S) groups is 1. The molecule has 1 aromatic heterocycles. The van der Waals surface area contributed by atoms with Crippen LogP contribution < -0.4 is 4.90 Å². The van der Waals surface area contributed by atoms with E-state index in [1.807, 2.05) is 30.3 Å². The number of hydrogen-bond acceptors (Lipinski definition) is 4. The van der Waals surface area contributed by atoms with Crippen molar-refractivity contribution in [1.82, 2.24) is 0 Å². The number of aryl methyl sites for hydroxylation is 1. The third kappa shape index (κ3) is 2.80. The molecule has 1 aliphatic rings. The summed E-state index contributed by atoms with van der Waals surface area (Å²) in [5.41, 5.74) is 2.04. The number of benzene rings is 1. The highest BCUT2D eigenvalue weighted by molar-refractivity contribution is 8.27. The van der Waals surface area contributed by atoms with E-state index in [0.717, 1.165) is 12.1 Å². The highest BCUT2D eigenvalue weighted by Gasteiger charge is 2.33. The number of thioether (sulfide) groups is 1. The van der Waals surface area contributed by atoms with E-state index in [4.69, 9.17) is 16.6 Å². The first-order valence-electron chi connectivity index (χ1n) is 6.59. The number of hydrogen-bond donors (Lipinski definition) is 0. The van der Waals surface area contributed by atoms with Gasteiger partial charge < -0.3 is 4.42 Å². The summed E-state index contributed by atoms with van der Waals surface area (Å²) in [6.45, 7) is 2.10. The summed E-state index contributed by atoms with van der Waals surface area (Å²) >= 11 is 6.62. The average Bonchev–Trinajstić information content (AvgIpc) is 3.09. The van der Waals surface area contributed by atoms with E-state index in [9.17, 15) is 4.79 Å². The van der Waals surface area contributed by atoms with Crippen molar-refractivity contribution in [3.8, 4) is 0 Å². The molecule has 0 bridgehead atoms. The molecule has 1 aromatic carbocycles. The lowest BCUT2D eigenvalue weighted by Crippen LogP contribution is -2.27. The van der Waals surface area contributed by atoms with Gasteiger partial charge in [-0.3, -0.25) is 9.69 Å². The van der Waals surface area contributed by atoms with Crippen LogP contribution in [0.5, 0.6) is 0 Å². The summed E-state index contributed by atoms with van der Waals surface area (Å²) in [6.07, 6.45) is 4.27. The maximum Gasteiger partial charge on any atom is 0.270 e. The molecular formula is C16H13NO2S2. The summed E-state index contributed by atoms with van der Waals surface area (Å²) in [4.78, 5) is 14.6. The normalized spacial score (nSPS) is 17.0. The van der Waals surface area contributed by atoms with Crippen LogP contribution in [0.25, 0.3) is 6.08 Å². The molecule has 2 aromatic rings. The molecule has 0 atom stereocenters. The van der Waals surface area contributed by atoms with E-state index in [2.05, 4.69) is 6.92 Å². The topological polar surface area (TPSA) is 33.5 Å². The molecule has 5 heteroatoms. The van der Waals surface area contributed by atoms with Crippen molar-refractivity contribution in [2.24, 2.45) is 0 Å². The zero-order chi connectivity index (χ0) is 14.8. The summed E-state index contributed by atoms with van der Waals surface area (Å²) in [5.74, 6) is 0.544. The quantitative estimate of drug-likeness (QED) is 0.626. The van der Waals surface area contributed by atoms with Crippen LogP contribution in [0.15, 0.2) is 52.0 Å². The van der Waals surface area contributed by atoms with Gasteiger partial charge in [0.15, 0.2) is 4.32 Å². The molecule has 0 radical (unpaired) electrons. The lowest BCUT2D eigenvalue weighted by Gasteiger charge is -2.14. The number of amides is 1. The van der Waals surface area contributed by atoms with Crippen molar-refractivity contribution in [1.29, 1.82) is 0 Å². The molecular weight excluding hydrogens is 302 g/mol. The number of anilines is 1. The molecule has 0 N–H and O–H groups in total. The van der Waals surface area contributed by atoms with Gasteiger partial charge in [-0.2, -0.15) is 0 Å². The highest BCUT2D eigenvalue weighted by atomic mass is 32.2. The Labute approximate surface area is 132 Å². The van der Waals surface area contributed by atoms with Gasteiger partial charge in [0, 0.05) is 6.08 Å². The largest absolute Gasteiger partial charge is 0.465 e. The Kier molecular flexibility index (Phi) is 3.94. The monoisotopic (exact) mass is 315 g/mol. The zero-order valence-electron chi connectivity index (χ0n) is 11.4. The van der Waals surface area contributed by atoms with E-state index in [1.54, 1.807) is 23.3 Å². The second kappa shape index (κ2) is 5.87. The summed E-state index contributed by atoms with van der Waals surface area (Å²) < 4.78 is 5.79. The van der Waals surface area contributed by atoms with Crippen molar-refractivity contribution >= 4 is 46.0 Å². The molecule has 3 nitrogen and oxygen atoms in total. The molecule has 2 heterocycles. The summed E-state index contributed by atoms with van der Waals surface area (Å²) in [5, 5.41) is 0. The maximum absolute atomic E-state index is 12.5. The fourth-order valence-corrected chi connectivity index (χ4v) is 3.35. The van der Waals surface area contributed by atoms with Crippen LogP contribution in [0.2, 0.25) is 0 Å². The van der Waals surface area contributed by atoms with Gasteiger partial charge >= 0.3 is 0 Å². The van der Waals surface area contributed by atoms with E-state index in [-0.39, 0.29) is 5.91 Å². The number of carbonyl (C=O) groups is 1. The van der Waals surface area contributed by atoms with Crippen LogP contribution in [-0.2, 0) is 11.2 Å². The Morgan fingerprint density at radius 3 is 2.67 bits per heavy atom. The van der Waals surface area contributed by atoms with Crippen LogP contribution in [0.3, 0.4) is 0 Å². The van der Waals surface area contributed by atoms with Crippen LogP contribution in [0.4, 0.5) is 5.69 Å². The van der Waals surface area contributed by atoms with Crippen molar-refractivity contribution in [2.45, 2.75) is 13.3 Å². The standard InChI is InChI=1S/C16H13NO2S2/c1-2-11-5-7-12(8-6-11)17-15(18)14(21-16(17)20)10-13-4-3-9-19-13/h3-10H,2H2,1H3. The minimum atomic E-state index is -0.106. The van der Waals surface area contributed by atoms with Gasteiger partial charge in [-0.1, -0.05) is 43.0 Å². The van der Waals surface area contributed by atoms with Crippen LogP contribution in [0, 0.1) is 0 Å². The number of nitrogens with zero attached hydrogens (tertiary/aromatic N) is 1. The summed E-state index contributed by atoms with van der Waals surface area (Å²) in [7, 11) is 0. The molecule has 0 unspecified atom stereocenters. The number of carbonyl (C=O) groups excluding carboxylic acids is 1. The molecule has 1 amide bonds. The Bertz CT molecular complexity index is 702. The molecule has 3 rings (SSSR count).